The Bertz CT molecular complexity index is 351. The van der Waals surface area contributed by atoms with Gasteiger partial charge in [0, 0.05) is 0 Å². The summed E-state index contributed by atoms with van der Waals surface area (Å²) in [6.45, 7) is 5.42. The van der Waals surface area contributed by atoms with Gasteiger partial charge in [0.1, 0.15) is 5.41 Å². The average molecular weight is 224 g/mol. The standard InChI is InChI=1S/C11H16N2O3/c1-4-7(5-2)11(6-3)8(14)12-10(16)13-9(11)15/h4H,5-6H2,1-3H3,(H2,12,13,14,15,16)/b7-4+. The van der Waals surface area contributed by atoms with Gasteiger partial charge in [-0.2, -0.15) is 0 Å². The first-order valence-electron chi connectivity index (χ1n) is 5.35. The second kappa shape index (κ2) is 4.47. The molecule has 4 amide bonds. The van der Waals surface area contributed by atoms with Crippen LogP contribution in [0.1, 0.15) is 33.6 Å². The molecule has 0 aromatic carbocycles. The summed E-state index contributed by atoms with van der Waals surface area (Å²) in [6, 6.07) is -0.745. The first-order valence-corrected chi connectivity index (χ1v) is 5.35. The van der Waals surface area contributed by atoms with E-state index in [0.29, 0.717) is 12.8 Å². The SMILES string of the molecule is C/C=C(\CC)C1(CC)C(=O)NC(=O)NC1=O. The number of imide groups is 2. The lowest BCUT2D eigenvalue weighted by atomic mass is 9.73. The highest BCUT2D eigenvalue weighted by molar-refractivity contribution is 6.21. The minimum atomic E-state index is -1.22. The van der Waals surface area contributed by atoms with Gasteiger partial charge < -0.3 is 0 Å². The number of carbonyl (C=O) groups excluding carboxylic acids is 3. The fraction of sp³-hybridized carbons (Fsp3) is 0.545. The quantitative estimate of drug-likeness (QED) is 0.557. The van der Waals surface area contributed by atoms with E-state index in [9.17, 15) is 14.4 Å². The van der Waals surface area contributed by atoms with Crippen molar-refractivity contribution in [1.29, 1.82) is 0 Å². The van der Waals surface area contributed by atoms with E-state index < -0.39 is 23.3 Å². The molecule has 2 N–H and O–H groups in total. The molecule has 1 saturated heterocycles. The first-order chi connectivity index (χ1) is 7.52. The van der Waals surface area contributed by atoms with Gasteiger partial charge in [-0.05, 0) is 25.3 Å². The average Bonchev–Trinajstić information content (AvgIpc) is 2.23. The Hall–Kier alpha value is -1.65. The van der Waals surface area contributed by atoms with Gasteiger partial charge >= 0.3 is 6.03 Å². The predicted molar refractivity (Wildman–Crippen MR) is 58.5 cm³/mol. The van der Waals surface area contributed by atoms with Crippen LogP contribution in [-0.2, 0) is 9.59 Å². The maximum atomic E-state index is 11.9. The Morgan fingerprint density at radius 1 is 1.19 bits per heavy atom. The molecule has 1 aliphatic heterocycles. The normalized spacial score (nSPS) is 20.4. The van der Waals surface area contributed by atoms with Crippen molar-refractivity contribution < 1.29 is 14.4 Å². The molecule has 5 heteroatoms. The monoisotopic (exact) mass is 224 g/mol. The van der Waals surface area contributed by atoms with Crippen molar-refractivity contribution in [1.82, 2.24) is 10.6 Å². The molecule has 1 heterocycles. The summed E-state index contributed by atoms with van der Waals surface area (Å²) in [5, 5.41) is 4.30. The molecule has 16 heavy (non-hydrogen) atoms. The lowest BCUT2D eigenvalue weighted by molar-refractivity contribution is -0.142. The van der Waals surface area contributed by atoms with Gasteiger partial charge in [0.25, 0.3) is 0 Å². The number of barbiturate groups is 1. The molecule has 5 nitrogen and oxygen atoms in total. The van der Waals surface area contributed by atoms with Crippen LogP contribution in [0.15, 0.2) is 11.6 Å². The minimum absolute atomic E-state index is 0.339. The van der Waals surface area contributed by atoms with Crippen LogP contribution in [0.2, 0.25) is 0 Å². The van der Waals surface area contributed by atoms with Crippen molar-refractivity contribution in [2.24, 2.45) is 5.41 Å². The molecule has 0 aliphatic carbocycles. The fourth-order valence-electron chi connectivity index (χ4n) is 2.15. The lowest BCUT2D eigenvalue weighted by Gasteiger charge is -2.34. The summed E-state index contributed by atoms with van der Waals surface area (Å²) in [6.07, 6.45) is 2.70. The number of nitrogens with one attached hydrogen (secondary N) is 2. The number of urea groups is 1. The largest absolute Gasteiger partial charge is 0.328 e. The summed E-state index contributed by atoms with van der Waals surface area (Å²) in [7, 11) is 0. The number of carbonyl (C=O) groups is 3. The number of hydrogen-bond donors (Lipinski definition) is 2. The molecular weight excluding hydrogens is 208 g/mol. The third-order valence-electron chi connectivity index (χ3n) is 3.04. The second-order valence-electron chi connectivity index (χ2n) is 3.66. The van der Waals surface area contributed by atoms with Crippen LogP contribution in [-0.4, -0.2) is 17.8 Å². The maximum absolute atomic E-state index is 11.9. The van der Waals surface area contributed by atoms with Gasteiger partial charge in [0.05, 0.1) is 0 Å². The maximum Gasteiger partial charge on any atom is 0.328 e. The Balaban J connectivity index is 3.25. The van der Waals surface area contributed by atoms with Crippen molar-refractivity contribution in [3.63, 3.8) is 0 Å². The van der Waals surface area contributed by atoms with Gasteiger partial charge in [0.2, 0.25) is 11.8 Å². The molecule has 0 atom stereocenters. The van der Waals surface area contributed by atoms with Crippen molar-refractivity contribution in [2.75, 3.05) is 0 Å². The van der Waals surface area contributed by atoms with Crippen LogP contribution >= 0.6 is 0 Å². The predicted octanol–water partition coefficient (Wildman–Crippen LogP) is 1.11. The van der Waals surface area contributed by atoms with Crippen LogP contribution in [0.4, 0.5) is 4.79 Å². The summed E-state index contributed by atoms with van der Waals surface area (Å²) in [5.74, 6) is -1.06. The molecule has 0 radical (unpaired) electrons. The molecule has 0 aromatic heterocycles. The summed E-state index contributed by atoms with van der Waals surface area (Å²) in [4.78, 5) is 34.8. The molecule has 0 saturated carbocycles. The van der Waals surface area contributed by atoms with E-state index in [-0.39, 0.29) is 0 Å². The number of amides is 4. The summed E-state index contributed by atoms with van der Waals surface area (Å²) < 4.78 is 0. The molecule has 1 aliphatic rings. The molecule has 88 valence electrons. The van der Waals surface area contributed by atoms with Crippen molar-refractivity contribution in [3.05, 3.63) is 11.6 Å². The Kier molecular flexibility index (Phi) is 3.47. The molecule has 1 rings (SSSR count). The van der Waals surface area contributed by atoms with E-state index in [0.717, 1.165) is 5.57 Å². The Morgan fingerprint density at radius 2 is 1.69 bits per heavy atom. The highest BCUT2D eigenvalue weighted by atomic mass is 16.2. The number of rotatable bonds is 3. The zero-order valence-electron chi connectivity index (χ0n) is 9.72. The smallest absolute Gasteiger partial charge is 0.277 e. The highest BCUT2D eigenvalue weighted by Gasteiger charge is 2.50. The topological polar surface area (TPSA) is 75.3 Å². The van der Waals surface area contributed by atoms with E-state index in [4.69, 9.17) is 0 Å². The number of hydrogen-bond acceptors (Lipinski definition) is 3. The zero-order valence-corrected chi connectivity index (χ0v) is 9.72. The van der Waals surface area contributed by atoms with Gasteiger partial charge in [-0.1, -0.05) is 19.9 Å². The Labute approximate surface area is 94.3 Å². The molecule has 0 bridgehead atoms. The van der Waals surface area contributed by atoms with E-state index in [1.807, 2.05) is 6.92 Å². The van der Waals surface area contributed by atoms with Gasteiger partial charge in [-0.25, -0.2) is 4.79 Å². The van der Waals surface area contributed by atoms with Crippen LogP contribution in [0, 0.1) is 5.41 Å². The van der Waals surface area contributed by atoms with Gasteiger partial charge in [-0.15, -0.1) is 0 Å². The van der Waals surface area contributed by atoms with E-state index in [1.165, 1.54) is 0 Å². The van der Waals surface area contributed by atoms with Gasteiger partial charge in [0.15, 0.2) is 0 Å². The van der Waals surface area contributed by atoms with Crippen molar-refractivity contribution in [3.8, 4) is 0 Å². The Morgan fingerprint density at radius 3 is 2.00 bits per heavy atom. The van der Waals surface area contributed by atoms with Gasteiger partial charge in [-0.3, -0.25) is 20.2 Å². The van der Waals surface area contributed by atoms with E-state index in [2.05, 4.69) is 10.6 Å². The molecule has 0 spiro atoms. The van der Waals surface area contributed by atoms with Crippen LogP contribution in [0.5, 0.6) is 0 Å². The first kappa shape index (κ1) is 12.4. The highest BCUT2D eigenvalue weighted by Crippen LogP contribution is 2.35. The fourth-order valence-corrected chi connectivity index (χ4v) is 2.15. The third kappa shape index (κ3) is 1.62. The minimum Gasteiger partial charge on any atom is -0.277 e. The molecule has 0 unspecified atom stereocenters. The lowest BCUT2D eigenvalue weighted by Crippen LogP contribution is -2.62. The van der Waals surface area contributed by atoms with E-state index >= 15 is 0 Å². The van der Waals surface area contributed by atoms with Crippen molar-refractivity contribution in [2.45, 2.75) is 33.6 Å². The molecular formula is C11H16N2O3. The number of allylic oxidation sites excluding steroid dienone is 1. The van der Waals surface area contributed by atoms with E-state index in [1.54, 1.807) is 19.9 Å². The summed E-state index contributed by atoms with van der Waals surface area (Å²) in [5.41, 5.74) is -0.491. The van der Waals surface area contributed by atoms with Crippen LogP contribution in [0.3, 0.4) is 0 Å². The summed E-state index contributed by atoms with van der Waals surface area (Å²) >= 11 is 0. The molecule has 0 aromatic rings. The second-order valence-corrected chi connectivity index (χ2v) is 3.66. The zero-order chi connectivity index (χ0) is 12.3. The van der Waals surface area contributed by atoms with Crippen LogP contribution in [0.25, 0.3) is 0 Å². The van der Waals surface area contributed by atoms with Crippen molar-refractivity contribution >= 4 is 17.8 Å². The third-order valence-corrected chi connectivity index (χ3v) is 3.04. The van der Waals surface area contributed by atoms with Crippen LogP contribution < -0.4 is 10.6 Å². The molecule has 1 fully saturated rings.